The van der Waals surface area contributed by atoms with Crippen LogP contribution in [0.3, 0.4) is 0 Å². The van der Waals surface area contributed by atoms with E-state index in [-0.39, 0.29) is 18.6 Å². The number of amides is 1. The third kappa shape index (κ3) is 4.82. The minimum atomic E-state index is -0.517. The first-order valence-corrected chi connectivity index (χ1v) is 8.81. The largest absolute Gasteiger partial charge is 0.452 e. The van der Waals surface area contributed by atoms with Crippen molar-refractivity contribution in [2.75, 3.05) is 6.61 Å². The normalized spacial score (nSPS) is 11.4. The quantitative estimate of drug-likeness (QED) is 0.664. The molecule has 0 saturated carbocycles. The number of hydrogen-bond donors (Lipinski definition) is 1. The smallest absolute Gasteiger partial charge is 0.339 e. The summed E-state index contributed by atoms with van der Waals surface area (Å²) in [5.41, 5.74) is 3.13. The van der Waals surface area contributed by atoms with E-state index in [1.807, 2.05) is 79.7 Å². The van der Waals surface area contributed by atoms with Gasteiger partial charge in [0.25, 0.3) is 5.91 Å². The Morgan fingerprint density at radius 2 is 1.44 bits per heavy atom. The van der Waals surface area contributed by atoms with Gasteiger partial charge < -0.3 is 10.1 Å². The number of rotatable bonds is 6. The number of hydrogen-bond acceptors (Lipinski definition) is 3. The molecule has 1 amide bonds. The molecule has 0 aliphatic heterocycles. The van der Waals surface area contributed by atoms with Gasteiger partial charge in [0.05, 0.1) is 11.6 Å². The van der Waals surface area contributed by atoms with E-state index < -0.39 is 5.97 Å². The molecular formula is C23H21NO3. The molecule has 0 bridgehead atoms. The summed E-state index contributed by atoms with van der Waals surface area (Å²) in [5.74, 6) is -0.853. The number of nitrogens with one attached hydrogen (secondary N) is 1. The average Bonchev–Trinajstić information content (AvgIpc) is 2.73. The van der Waals surface area contributed by atoms with Gasteiger partial charge in [-0.3, -0.25) is 4.79 Å². The van der Waals surface area contributed by atoms with Gasteiger partial charge in [-0.25, -0.2) is 4.79 Å². The molecule has 27 heavy (non-hydrogen) atoms. The second-order valence-electron chi connectivity index (χ2n) is 6.19. The topological polar surface area (TPSA) is 55.4 Å². The lowest BCUT2D eigenvalue weighted by Crippen LogP contribution is -2.31. The van der Waals surface area contributed by atoms with Crippen molar-refractivity contribution in [3.8, 4) is 11.1 Å². The summed E-state index contributed by atoms with van der Waals surface area (Å²) < 4.78 is 5.24. The van der Waals surface area contributed by atoms with E-state index in [1.54, 1.807) is 12.1 Å². The molecule has 0 unspecified atom stereocenters. The van der Waals surface area contributed by atoms with Gasteiger partial charge in [-0.2, -0.15) is 0 Å². The predicted octanol–water partition coefficient (Wildman–Crippen LogP) is 4.39. The Hall–Kier alpha value is -3.40. The van der Waals surface area contributed by atoms with Gasteiger partial charge in [-0.1, -0.05) is 78.9 Å². The predicted molar refractivity (Wildman–Crippen MR) is 105 cm³/mol. The summed E-state index contributed by atoms with van der Waals surface area (Å²) in [7, 11) is 0. The molecule has 4 nitrogen and oxygen atoms in total. The molecule has 136 valence electrons. The van der Waals surface area contributed by atoms with Crippen LogP contribution >= 0.6 is 0 Å². The highest BCUT2D eigenvalue weighted by Crippen LogP contribution is 2.24. The van der Waals surface area contributed by atoms with Gasteiger partial charge in [-0.05, 0) is 29.7 Å². The average molecular weight is 359 g/mol. The van der Waals surface area contributed by atoms with Crippen LogP contribution in [0.2, 0.25) is 0 Å². The Morgan fingerprint density at radius 3 is 2.15 bits per heavy atom. The summed E-state index contributed by atoms with van der Waals surface area (Å²) >= 11 is 0. The third-order valence-electron chi connectivity index (χ3n) is 4.24. The molecule has 0 aliphatic carbocycles. The first kappa shape index (κ1) is 18.4. The van der Waals surface area contributed by atoms with Crippen molar-refractivity contribution in [1.29, 1.82) is 0 Å². The van der Waals surface area contributed by atoms with E-state index in [0.29, 0.717) is 5.56 Å². The standard InChI is InChI=1S/C23H21NO3/c1-17(18-10-4-2-5-11-18)24-22(25)16-27-23(26)21-15-9-8-14-20(21)19-12-6-3-7-13-19/h2-15,17H,16H2,1H3,(H,24,25)/t17-/m0/s1. The molecule has 0 fully saturated rings. The van der Waals surface area contributed by atoms with Gasteiger partial charge in [0, 0.05) is 0 Å². The summed E-state index contributed by atoms with van der Waals surface area (Å²) in [6.45, 7) is 1.57. The fourth-order valence-corrected chi connectivity index (χ4v) is 2.85. The second-order valence-corrected chi connectivity index (χ2v) is 6.19. The Bertz CT molecular complexity index is 907. The maximum absolute atomic E-state index is 12.5. The highest BCUT2D eigenvalue weighted by molar-refractivity contribution is 5.98. The van der Waals surface area contributed by atoms with Crippen molar-refractivity contribution in [3.05, 3.63) is 96.1 Å². The third-order valence-corrected chi connectivity index (χ3v) is 4.24. The number of esters is 1. The lowest BCUT2D eigenvalue weighted by Gasteiger charge is -2.14. The van der Waals surface area contributed by atoms with Crippen LogP contribution in [0.25, 0.3) is 11.1 Å². The van der Waals surface area contributed by atoms with Crippen LogP contribution in [0.1, 0.15) is 28.9 Å². The molecule has 0 spiro atoms. The summed E-state index contributed by atoms with van der Waals surface area (Å²) in [6, 6.07) is 26.3. The van der Waals surface area contributed by atoms with Gasteiger partial charge in [-0.15, -0.1) is 0 Å². The summed E-state index contributed by atoms with van der Waals surface area (Å²) in [4.78, 5) is 24.6. The molecule has 0 radical (unpaired) electrons. The Labute approximate surface area is 158 Å². The van der Waals surface area contributed by atoms with Crippen LogP contribution in [-0.4, -0.2) is 18.5 Å². The zero-order chi connectivity index (χ0) is 19.1. The van der Waals surface area contributed by atoms with Crippen molar-refractivity contribution < 1.29 is 14.3 Å². The van der Waals surface area contributed by atoms with Crippen molar-refractivity contribution in [2.45, 2.75) is 13.0 Å². The molecule has 0 aliphatic rings. The van der Waals surface area contributed by atoms with Crippen molar-refractivity contribution in [2.24, 2.45) is 0 Å². The highest BCUT2D eigenvalue weighted by atomic mass is 16.5. The number of carbonyl (C=O) groups excluding carboxylic acids is 2. The van der Waals surface area contributed by atoms with Crippen molar-refractivity contribution in [1.82, 2.24) is 5.32 Å². The molecular weight excluding hydrogens is 338 g/mol. The SMILES string of the molecule is C[C@H](NC(=O)COC(=O)c1ccccc1-c1ccccc1)c1ccccc1. The molecule has 0 heterocycles. The summed E-state index contributed by atoms with van der Waals surface area (Å²) in [5, 5.41) is 2.83. The molecule has 1 atom stereocenters. The second kappa shape index (κ2) is 8.81. The Kier molecular flexibility index (Phi) is 6.00. The minimum Gasteiger partial charge on any atom is -0.452 e. The van der Waals surface area contributed by atoms with E-state index in [9.17, 15) is 9.59 Å². The number of ether oxygens (including phenoxy) is 1. The molecule has 3 aromatic rings. The van der Waals surface area contributed by atoms with E-state index in [4.69, 9.17) is 4.74 Å². The van der Waals surface area contributed by atoms with Crippen LogP contribution < -0.4 is 5.32 Å². The van der Waals surface area contributed by atoms with Crippen molar-refractivity contribution >= 4 is 11.9 Å². The van der Waals surface area contributed by atoms with E-state index in [2.05, 4.69) is 5.32 Å². The monoisotopic (exact) mass is 359 g/mol. The highest BCUT2D eigenvalue weighted by Gasteiger charge is 2.16. The lowest BCUT2D eigenvalue weighted by atomic mass is 10.00. The van der Waals surface area contributed by atoms with Crippen LogP contribution in [0.4, 0.5) is 0 Å². The number of benzene rings is 3. The molecule has 0 saturated heterocycles. The van der Waals surface area contributed by atoms with Gasteiger partial charge in [0.15, 0.2) is 6.61 Å². The van der Waals surface area contributed by atoms with Crippen molar-refractivity contribution in [3.63, 3.8) is 0 Å². The first-order chi connectivity index (χ1) is 13.1. The molecule has 3 aromatic carbocycles. The fourth-order valence-electron chi connectivity index (χ4n) is 2.85. The maximum Gasteiger partial charge on any atom is 0.339 e. The van der Waals surface area contributed by atoms with Crippen LogP contribution in [-0.2, 0) is 9.53 Å². The molecule has 0 aromatic heterocycles. The molecule has 4 heteroatoms. The van der Waals surface area contributed by atoms with Crippen LogP contribution in [0.15, 0.2) is 84.9 Å². The summed E-state index contributed by atoms with van der Waals surface area (Å²) in [6.07, 6.45) is 0. The van der Waals surface area contributed by atoms with E-state index >= 15 is 0 Å². The first-order valence-electron chi connectivity index (χ1n) is 8.81. The van der Waals surface area contributed by atoms with Gasteiger partial charge in [0.2, 0.25) is 0 Å². The number of carbonyl (C=O) groups is 2. The zero-order valence-corrected chi connectivity index (χ0v) is 15.1. The Balaban J connectivity index is 1.62. The van der Waals surface area contributed by atoms with Gasteiger partial charge >= 0.3 is 5.97 Å². The maximum atomic E-state index is 12.5. The fraction of sp³-hybridized carbons (Fsp3) is 0.130. The Morgan fingerprint density at radius 1 is 0.852 bits per heavy atom. The molecule has 1 N–H and O–H groups in total. The van der Waals surface area contributed by atoms with Crippen LogP contribution in [0, 0.1) is 0 Å². The minimum absolute atomic E-state index is 0.158. The van der Waals surface area contributed by atoms with Gasteiger partial charge in [0.1, 0.15) is 0 Å². The molecule has 3 rings (SSSR count). The van der Waals surface area contributed by atoms with E-state index in [1.165, 1.54) is 0 Å². The van der Waals surface area contributed by atoms with E-state index in [0.717, 1.165) is 16.7 Å². The zero-order valence-electron chi connectivity index (χ0n) is 15.1. The lowest BCUT2D eigenvalue weighted by molar-refractivity contribution is -0.124. The van der Waals surface area contributed by atoms with Crippen LogP contribution in [0.5, 0.6) is 0 Å².